The Labute approximate surface area is 126 Å². The van der Waals surface area contributed by atoms with Gasteiger partial charge in [0.15, 0.2) is 11.5 Å². The predicted molar refractivity (Wildman–Crippen MR) is 80.4 cm³/mol. The van der Waals surface area contributed by atoms with Crippen molar-refractivity contribution in [2.24, 2.45) is 0 Å². The van der Waals surface area contributed by atoms with Crippen molar-refractivity contribution in [2.75, 3.05) is 13.2 Å². The van der Waals surface area contributed by atoms with Crippen molar-refractivity contribution in [3.05, 3.63) is 28.7 Å². The summed E-state index contributed by atoms with van der Waals surface area (Å²) in [6, 6.07) is 5.34. The fourth-order valence-corrected chi connectivity index (χ4v) is 3.19. The number of imide groups is 1. The summed E-state index contributed by atoms with van der Waals surface area (Å²) in [5, 5.41) is -0.223. The number of rotatable bonds is 2. The standard InChI is InChI=1S/C15H15NO4S/c1-9(2)16-14(17)13(21-15(16)18)8-10-3-4-11-12(7-10)20-6-5-19-11/h3-4,7-9H,5-6H2,1-2H3/b13-8+. The molecule has 2 aliphatic heterocycles. The average Bonchev–Trinajstić information content (AvgIpc) is 2.73. The van der Waals surface area contributed by atoms with E-state index in [1.165, 1.54) is 4.90 Å². The van der Waals surface area contributed by atoms with E-state index in [0.717, 1.165) is 17.3 Å². The second-order valence-electron chi connectivity index (χ2n) is 5.05. The van der Waals surface area contributed by atoms with Gasteiger partial charge in [0.25, 0.3) is 11.1 Å². The van der Waals surface area contributed by atoms with Crippen molar-refractivity contribution in [1.82, 2.24) is 4.90 Å². The molecule has 0 atom stereocenters. The van der Waals surface area contributed by atoms with Crippen LogP contribution in [0.15, 0.2) is 23.1 Å². The maximum atomic E-state index is 12.2. The first-order valence-electron chi connectivity index (χ1n) is 6.73. The Morgan fingerprint density at radius 1 is 1.19 bits per heavy atom. The Hall–Kier alpha value is -1.95. The summed E-state index contributed by atoms with van der Waals surface area (Å²) in [7, 11) is 0. The van der Waals surface area contributed by atoms with E-state index in [2.05, 4.69) is 0 Å². The molecule has 5 nitrogen and oxygen atoms in total. The van der Waals surface area contributed by atoms with Gasteiger partial charge in [-0.15, -0.1) is 0 Å². The number of hydrogen-bond acceptors (Lipinski definition) is 5. The molecule has 0 saturated carbocycles. The Bertz CT molecular complexity index is 639. The van der Waals surface area contributed by atoms with Crippen LogP contribution < -0.4 is 9.47 Å². The zero-order valence-electron chi connectivity index (χ0n) is 11.8. The number of carbonyl (C=O) groups excluding carboxylic acids is 2. The van der Waals surface area contributed by atoms with Crippen molar-refractivity contribution in [3.63, 3.8) is 0 Å². The van der Waals surface area contributed by atoms with E-state index >= 15 is 0 Å². The lowest BCUT2D eigenvalue weighted by Crippen LogP contribution is -2.34. The molecule has 2 amide bonds. The van der Waals surface area contributed by atoms with Crippen molar-refractivity contribution >= 4 is 29.0 Å². The van der Waals surface area contributed by atoms with Gasteiger partial charge in [0, 0.05) is 6.04 Å². The molecule has 0 bridgehead atoms. The smallest absolute Gasteiger partial charge is 0.293 e. The first-order valence-corrected chi connectivity index (χ1v) is 7.54. The molecule has 0 aromatic heterocycles. The quantitative estimate of drug-likeness (QED) is 0.786. The molecule has 2 heterocycles. The molecular weight excluding hydrogens is 290 g/mol. The van der Waals surface area contributed by atoms with Gasteiger partial charge in [-0.1, -0.05) is 6.07 Å². The number of amides is 2. The molecule has 0 unspecified atom stereocenters. The molecule has 1 saturated heterocycles. The van der Waals surface area contributed by atoms with E-state index in [1.807, 2.05) is 32.0 Å². The van der Waals surface area contributed by atoms with Gasteiger partial charge in [-0.3, -0.25) is 14.5 Å². The minimum Gasteiger partial charge on any atom is -0.486 e. The molecule has 3 rings (SSSR count). The third-order valence-corrected chi connectivity index (χ3v) is 4.09. The Balaban J connectivity index is 1.89. The summed E-state index contributed by atoms with van der Waals surface area (Å²) in [5.74, 6) is 1.13. The summed E-state index contributed by atoms with van der Waals surface area (Å²) < 4.78 is 11.0. The third kappa shape index (κ3) is 2.63. The van der Waals surface area contributed by atoms with Gasteiger partial charge in [0.1, 0.15) is 13.2 Å². The molecule has 1 fully saturated rings. The molecule has 0 spiro atoms. The van der Waals surface area contributed by atoms with Gasteiger partial charge in [-0.05, 0) is 49.4 Å². The van der Waals surface area contributed by atoms with Crippen LogP contribution in [0.5, 0.6) is 11.5 Å². The predicted octanol–water partition coefficient (Wildman–Crippen LogP) is 2.90. The normalized spacial score (nSPS) is 19.8. The highest BCUT2D eigenvalue weighted by Crippen LogP contribution is 2.36. The van der Waals surface area contributed by atoms with Crippen LogP contribution in [0.3, 0.4) is 0 Å². The minimum atomic E-state index is -0.241. The van der Waals surface area contributed by atoms with Crippen LogP contribution in [0.25, 0.3) is 6.08 Å². The van der Waals surface area contributed by atoms with Crippen LogP contribution in [-0.4, -0.2) is 35.3 Å². The Morgan fingerprint density at radius 2 is 1.90 bits per heavy atom. The van der Waals surface area contributed by atoms with Crippen molar-refractivity contribution in [3.8, 4) is 11.5 Å². The monoisotopic (exact) mass is 305 g/mol. The van der Waals surface area contributed by atoms with Crippen molar-refractivity contribution in [1.29, 1.82) is 0 Å². The first kappa shape index (κ1) is 14.0. The number of fused-ring (bicyclic) bond motifs is 1. The maximum absolute atomic E-state index is 12.2. The highest BCUT2D eigenvalue weighted by molar-refractivity contribution is 8.18. The maximum Gasteiger partial charge on any atom is 0.293 e. The van der Waals surface area contributed by atoms with E-state index < -0.39 is 0 Å². The number of nitrogens with zero attached hydrogens (tertiary/aromatic N) is 1. The summed E-state index contributed by atoms with van der Waals surface area (Å²) in [5.41, 5.74) is 0.813. The minimum absolute atomic E-state index is 0.135. The third-order valence-electron chi connectivity index (χ3n) is 3.20. The van der Waals surface area contributed by atoms with Gasteiger partial charge in [0.2, 0.25) is 0 Å². The largest absolute Gasteiger partial charge is 0.486 e. The van der Waals surface area contributed by atoms with Crippen molar-refractivity contribution < 1.29 is 19.1 Å². The molecule has 1 aromatic rings. The van der Waals surface area contributed by atoms with Gasteiger partial charge in [0.05, 0.1) is 4.91 Å². The molecular formula is C15H15NO4S. The Morgan fingerprint density at radius 3 is 2.57 bits per heavy atom. The number of carbonyl (C=O) groups is 2. The average molecular weight is 305 g/mol. The van der Waals surface area contributed by atoms with Crippen LogP contribution in [0.4, 0.5) is 4.79 Å². The summed E-state index contributed by atoms with van der Waals surface area (Å²) in [6.07, 6.45) is 1.71. The van der Waals surface area contributed by atoms with E-state index in [4.69, 9.17) is 9.47 Å². The SMILES string of the molecule is CC(C)N1C(=O)S/C(=C/c2ccc3c(c2)OCCO3)C1=O. The number of benzene rings is 1. The van der Waals surface area contributed by atoms with Crippen LogP contribution in [-0.2, 0) is 4.79 Å². The van der Waals surface area contributed by atoms with E-state index in [0.29, 0.717) is 29.6 Å². The van der Waals surface area contributed by atoms with E-state index in [-0.39, 0.29) is 17.2 Å². The van der Waals surface area contributed by atoms with Gasteiger partial charge in [-0.2, -0.15) is 0 Å². The van der Waals surface area contributed by atoms with Gasteiger partial charge in [-0.25, -0.2) is 0 Å². The van der Waals surface area contributed by atoms with Gasteiger partial charge >= 0.3 is 0 Å². The fraction of sp³-hybridized carbons (Fsp3) is 0.333. The number of ether oxygens (including phenoxy) is 2. The number of thioether (sulfide) groups is 1. The van der Waals surface area contributed by atoms with E-state index in [9.17, 15) is 9.59 Å². The Kier molecular flexibility index (Phi) is 3.63. The summed E-state index contributed by atoms with van der Waals surface area (Å²) >= 11 is 0.969. The van der Waals surface area contributed by atoms with Crippen LogP contribution in [0.2, 0.25) is 0 Å². The lowest BCUT2D eigenvalue weighted by Gasteiger charge is -2.18. The topological polar surface area (TPSA) is 55.8 Å². The second kappa shape index (κ2) is 5.44. The molecule has 0 aliphatic carbocycles. The zero-order valence-corrected chi connectivity index (χ0v) is 12.6. The molecule has 110 valence electrons. The summed E-state index contributed by atoms with van der Waals surface area (Å²) in [6.45, 7) is 4.70. The molecule has 1 aromatic carbocycles. The zero-order chi connectivity index (χ0) is 15.0. The molecule has 0 N–H and O–H groups in total. The molecule has 0 radical (unpaired) electrons. The van der Waals surface area contributed by atoms with E-state index in [1.54, 1.807) is 6.08 Å². The van der Waals surface area contributed by atoms with Crippen LogP contribution in [0, 0.1) is 0 Å². The number of hydrogen-bond donors (Lipinski definition) is 0. The molecule has 6 heteroatoms. The fourth-order valence-electron chi connectivity index (χ4n) is 2.23. The van der Waals surface area contributed by atoms with Crippen LogP contribution >= 0.6 is 11.8 Å². The lowest BCUT2D eigenvalue weighted by atomic mass is 10.1. The second-order valence-corrected chi connectivity index (χ2v) is 6.04. The summed E-state index contributed by atoms with van der Waals surface area (Å²) in [4.78, 5) is 25.8. The first-order chi connectivity index (χ1) is 10.1. The molecule has 21 heavy (non-hydrogen) atoms. The van der Waals surface area contributed by atoms with Crippen molar-refractivity contribution in [2.45, 2.75) is 19.9 Å². The van der Waals surface area contributed by atoms with Gasteiger partial charge < -0.3 is 9.47 Å². The molecule has 2 aliphatic rings. The highest BCUT2D eigenvalue weighted by Gasteiger charge is 2.36. The lowest BCUT2D eigenvalue weighted by molar-refractivity contribution is -0.123. The highest BCUT2D eigenvalue weighted by atomic mass is 32.2. The van der Waals surface area contributed by atoms with Crippen LogP contribution in [0.1, 0.15) is 19.4 Å².